The van der Waals surface area contributed by atoms with Gasteiger partial charge in [-0.3, -0.25) is 4.68 Å². The summed E-state index contributed by atoms with van der Waals surface area (Å²) in [5.74, 6) is 0. The van der Waals surface area contributed by atoms with Gasteiger partial charge in [0.1, 0.15) is 0 Å². The van der Waals surface area contributed by atoms with Crippen molar-refractivity contribution < 1.29 is 5.11 Å². The number of hydrogen-bond donors (Lipinski definition) is 2. The van der Waals surface area contributed by atoms with Crippen LogP contribution in [-0.4, -0.2) is 28.0 Å². The molecule has 0 aliphatic rings. The van der Waals surface area contributed by atoms with Crippen molar-refractivity contribution >= 4 is 0 Å². The Bertz CT molecular complexity index is 307. The van der Waals surface area contributed by atoms with Crippen LogP contribution in [-0.2, 0) is 13.1 Å². The summed E-state index contributed by atoms with van der Waals surface area (Å²) in [4.78, 5) is 0. The number of aliphatic hydroxyl groups excluding tert-OH is 1. The van der Waals surface area contributed by atoms with Gasteiger partial charge in [-0.15, -0.1) is 0 Å². The highest BCUT2D eigenvalue weighted by Crippen LogP contribution is 2.12. The van der Waals surface area contributed by atoms with Crippen molar-refractivity contribution in [2.45, 2.75) is 40.3 Å². The van der Waals surface area contributed by atoms with Crippen molar-refractivity contribution in [1.82, 2.24) is 15.1 Å². The van der Waals surface area contributed by atoms with E-state index in [1.165, 1.54) is 11.3 Å². The number of aromatic nitrogens is 2. The van der Waals surface area contributed by atoms with Crippen LogP contribution in [0, 0.1) is 13.8 Å². The zero-order valence-corrected chi connectivity index (χ0v) is 9.88. The molecule has 1 rings (SSSR count). The van der Waals surface area contributed by atoms with Gasteiger partial charge in [0, 0.05) is 31.0 Å². The quantitative estimate of drug-likeness (QED) is 0.738. The van der Waals surface area contributed by atoms with Gasteiger partial charge in [-0.05, 0) is 26.8 Å². The molecule has 0 atom stereocenters. The summed E-state index contributed by atoms with van der Waals surface area (Å²) in [5.41, 5.74) is 3.59. The van der Waals surface area contributed by atoms with Crippen LogP contribution in [0.5, 0.6) is 0 Å². The molecule has 1 aromatic rings. The fourth-order valence-corrected chi connectivity index (χ4v) is 1.68. The van der Waals surface area contributed by atoms with Crippen LogP contribution in [0.2, 0.25) is 0 Å². The molecular formula is C11H21N3O. The van der Waals surface area contributed by atoms with Gasteiger partial charge in [0.2, 0.25) is 0 Å². The summed E-state index contributed by atoms with van der Waals surface area (Å²) in [7, 11) is 0. The zero-order valence-electron chi connectivity index (χ0n) is 9.88. The van der Waals surface area contributed by atoms with Crippen LogP contribution in [0.1, 0.15) is 30.3 Å². The Labute approximate surface area is 91.3 Å². The lowest BCUT2D eigenvalue weighted by molar-refractivity contribution is 0.276. The van der Waals surface area contributed by atoms with Gasteiger partial charge in [0.05, 0.1) is 5.69 Å². The van der Waals surface area contributed by atoms with E-state index in [9.17, 15) is 0 Å². The average Bonchev–Trinajstić information content (AvgIpc) is 2.49. The SMILES string of the molecule is CCNCc1c(C)nn(CCCO)c1C. The summed E-state index contributed by atoms with van der Waals surface area (Å²) >= 11 is 0. The monoisotopic (exact) mass is 211 g/mol. The van der Waals surface area contributed by atoms with E-state index < -0.39 is 0 Å². The Morgan fingerprint density at radius 2 is 2.13 bits per heavy atom. The summed E-state index contributed by atoms with van der Waals surface area (Å²) in [6.07, 6.45) is 0.766. The lowest BCUT2D eigenvalue weighted by Crippen LogP contribution is -2.13. The van der Waals surface area contributed by atoms with Crippen LogP contribution >= 0.6 is 0 Å². The maximum absolute atomic E-state index is 8.78. The molecule has 0 fully saturated rings. The van der Waals surface area contributed by atoms with Crippen LogP contribution in [0.25, 0.3) is 0 Å². The first-order chi connectivity index (χ1) is 7.20. The average molecular weight is 211 g/mol. The Morgan fingerprint density at radius 3 is 2.73 bits per heavy atom. The summed E-state index contributed by atoms with van der Waals surface area (Å²) < 4.78 is 1.98. The van der Waals surface area contributed by atoms with Crippen LogP contribution in [0.3, 0.4) is 0 Å². The van der Waals surface area contributed by atoms with Crippen molar-refractivity contribution in [1.29, 1.82) is 0 Å². The number of aryl methyl sites for hydroxylation is 2. The van der Waals surface area contributed by atoms with Gasteiger partial charge >= 0.3 is 0 Å². The zero-order chi connectivity index (χ0) is 11.3. The smallest absolute Gasteiger partial charge is 0.0641 e. The molecule has 0 spiro atoms. The van der Waals surface area contributed by atoms with E-state index in [4.69, 9.17) is 5.11 Å². The van der Waals surface area contributed by atoms with Crippen molar-refractivity contribution in [3.63, 3.8) is 0 Å². The van der Waals surface area contributed by atoms with Crippen molar-refractivity contribution in [2.24, 2.45) is 0 Å². The predicted molar refractivity (Wildman–Crippen MR) is 60.8 cm³/mol. The van der Waals surface area contributed by atoms with E-state index in [0.29, 0.717) is 0 Å². The molecule has 0 unspecified atom stereocenters. The van der Waals surface area contributed by atoms with Gasteiger partial charge < -0.3 is 10.4 Å². The molecule has 0 amide bonds. The molecule has 4 nitrogen and oxygen atoms in total. The van der Waals surface area contributed by atoms with Gasteiger partial charge in [-0.2, -0.15) is 5.10 Å². The molecule has 1 heterocycles. The first-order valence-electron chi connectivity index (χ1n) is 5.55. The van der Waals surface area contributed by atoms with E-state index in [1.54, 1.807) is 0 Å². The first kappa shape index (κ1) is 12.2. The maximum atomic E-state index is 8.78. The molecule has 2 N–H and O–H groups in total. The summed E-state index contributed by atoms with van der Waals surface area (Å²) in [5, 5.41) is 16.6. The normalized spacial score (nSPS) is 10.9. The van der Waals surface area contributed by atoms with E-state index in [1.807, 2.05) is 11.6 Å². The molecule has 0 bridgehead atoms. The Kier molecular flexibility index (Phi) is 4.78. The lowest BCUT2D eigenvalue weighted by atomic mass is 10.2. The molecular weight excluding hydrogens is 190 g/mol. The Hall–Kier alpha value is -0.870. The van der Waals surface area contributed by atoms with Crippen molar-refractivity contribution in [3.8, 4) is 0 Å². The Morgan fingerprint density at radius 1 is 1.40 bits per heavy atom. The summed E-state index contributed by atoms with van der Waals surface area (Å²) in [6.45, 7) is 9.10. The lowest BCUT2D eigenvalue weighted by Gasteiger charge is -2.04. The maximum Gasteiger partial charge on any atom is 0.0641 e. The number of nitrogens with one attached hydrogen (secondary N) is 1. The highest BCUT2D eigenvalue weighted by molar-refractivity contribution is 5.24. The Balaban J connectivity index is 2.74. The standard InChI is InChI=1S/C11H21N3O/c1-4-12-8-11-9(2)13-14(10(11)3)6-5-7-15/h12,15H,4-8H2,1-3H3. The fourth-order valence-electron chi connectivity index (χ4n) is 1.68. The number of hydrogen-bond acceptors (Lipinski definition) is 3. The molecule has 0 saturated carbocycles. The second kappa shape index (κ2) is 5.88. The highest BCUT2D eigenvalue weighted by atomic mass is 16.3. The minimum absolute atomic E-state index is 0.223. The van der Waals surface area contributed by atoms with Crippen LogP contribution in [0.4, 0.5) is 0 Å². The number of aliphatic hydroxyl groups is 1. The molecule has 0 aromatic carbocycles. The number of rotatable bonds is 6. The molecule has 0 aliphatic heterocycles. The predicted octanol–water partition coefficient (Wildman–Crippen LogP) is 0.992. The third-order valence-electron chi connectivity index (χ3n) is 2.61. The minimum atomic E-state index is 0.223. The molecule has 1 aromatic heterocycles. The van der Waals surface area contributed by atoms with Gasteiger partial charge in [-0.1, -0.05) is 6.92 Å². The largest absolute Gasteiger partial charge is 0.396 e. The molecule has 0 radical (unpaired) electrons. The molecule has 0 saturated heterocycles. The third kappa shape index (κ3) is 3.04. The minimum Gasteiger partial charge on any atom is -0.396 e. The van der Waals surface area contributed by atoms with Gasteiger partial charge in [0.15, 0.2) is 0 Å². The highest BCUT2D eigenvalue weighted by Gasteiger charge is 2.09. The van der Waals surface area contributed by atoms with Gasteiger partial charge in [-0.25, -0.2) is 0 Å². The van der Waals surface area contributed by atoms with E-state index in [2.05, 4.69) is 24.3 Å². The molecule has 86 valence electrons. The van der Waals surface area contributed by atoms with Crippen LogP contribution < -0.4 is 5.32 Å². The molecule has 0 aliphatic carbocycles. The topological polar surface area (TPSA) is 50.1 Å². The van der Waals surface area contributed by atoms with Gasteiger partial charge in [0.25, 0.3) is 0 Å². The number of nitrogens with zero attached hydrogens (tertiary/aromatic N) is 2. The second-order valence-corrected chi connectivity index (χ2v) is 3.73. The first-order valence-corrected chi connectivity index (χ1v) is 5.55. The second-order valence-electron chi connectivity index (χ2n) is 3.73. The van der Waals surface area contributed by atoms with Crippen molar-refractivity contribution in [2.75, 3.05) is 13.2 Å². The van der Waals surface area contributed by atoms with Crippen molar-refractivity contribution in [3.05, 3.63) is 17.0 Å². The van der Waals surface area contributed by atoms with E-state index in [0.717, 1.165) is 31.7 Å². The van der Waals surface area contributed by atoms with Crippen LogP contribution in [0.15, 0.2) is 0 Å². The molecule has 4 heteroatoms. The molecule has 15 heavy (non-hydrogen) atoms. The summed E-state index contributed by atoms with van der Waals surface area (Å²) in [6, 6.07) is 0. The third-order valence-corrected chi connectivity index (χ3v) is 2.61. The van der Waals surface area contributed by atoms with E-state index >= 15 is 0 Å². The van der Waals surface area contributed by atoms with E-state index in [-0.39, 0.29) is 6.61 Å². The fraction of sp³-hybridized carbons (Fsp3) is 0.727.